The molecule has 0 unspecified atom stereocenters. The van der Waals surface area contributed by atoms with Gasteiger partial charge in [0.05, 0.1) is 0 Å². The van der Waals surface area contributed by atoms with E-state index in [0.717, 1.165) is 44.0 Å². The third kappa shape index (κ3) is 3.83. The normalized spacial score (nSPS) is 14.6. The molecule has 1 aliphatic rings. The van der Waals surface area contributed by atoms with Crippen molar-refractivity contribution in [2.45, 2.75) is 32.7 Å². The van der Waals surface area contributed by atoms with Gasteiger partial charge in [-0.2, -0.15) is 4.37 Å². The molecule has 0 radical (unpaired) electrons. The summed E-state index contributed by atoms with van der Waals surface area (Å²) in [6.07, 6.45) is 2.13. The standard InChI is InChI=1S/C13H23N5OS/c1-3-18(4-2)8-7-15-13-10(11(14)17-20-13)12(19)16-9-5-6-9/h9,15H,3-8H2,1-2H3,(H2,14,17)(H,16,19). The number of nitrogens with zero attached hydrogens (tertiary/aromatic N) is 2. The lowest BCUT2D eigenvalue weighted by Crippen LogP contribution is -2.29. The van der Waals surface area contributed by atoms with Crippen molar-refractivity contribution in [2.24, 2.45) is 0 Å². The summed E-state index contributed by atoms with van der Waals surface area (Å²) in [7, 11) is 0. The minimum absolute atomic E-state index is 0.107. The highest BCUT2D eigenvalue weighted by molar-refractivity contribution is 7.11. The van der Waals surface area contributed by atoms with Gasteiger partial charge in [-0.25, -0.2) is 0 Å². The first-order chi connectivity index (χ1) is 9.65. The summed E-state index contributed by atoms with van der Waals surface area (Å²) in [6, 6.07) is 0.324. The fourth-order valence-corrected chi connectivity index (χ4v) is 2.73. The van der Waals surface area contributed by atoms with Gasteiger partial charge < -0.3 is 21.3 Å². The Morgan fingerprint density at radius 1 is 1.45 bits per heavy atom. The van der Waals surface area contributed by atoms with Crippen molar-refractivity contribution >= 4 is 28.3 Å². The highest BCUT2D eigenvalue weighted by Gasteiger charge is 2.27. The van der Waals surface area contributed by atoms with Crippen molar-refractivity contribution in [3.8, 4) is 0 Å². The van der Waals surface area contributed by atoms with E-state index in [1.165, 1.54) is 11.5 Å². The first-order valence-electron chi connectivity index (χ1n) is 7.17. The third-order valence-corrected chi connectivity index (χ3v) is 4.29. The molecule has 2 rings (SSSR count). The molecule has 1 aromatic rings. The smallest absolute Gasteiger partial charge is 0.258 e. The van der Waals surface area contributed by atoms with Gasteiger partial charge in [-0.1, -0.05) is 13.8 Å². The van der Waals surface area contributed by atoms with E-state index in [1.807, 2.05) is 0 Å². The van der Waals surface area contributed by atoms with E-state index in [-0.39, 0.29) is 5.91 Å². The number of likely N-dealkylation sites (N-methyl/N-ethyl adjacent to an activating group) is 1. The SMILES string of the molecule is CCN(CC)CCNc1snc(N)c1C(=O)NC1CC1. The molecule has 0 bridgehead atoms. The van der Waals surface area contributed by atoms with Gasteiger partial charge in [0.25, 0.3) is 5.91 Å². The number of hydrogen-bond acceptors (Lipinski definition) is 6. The molecular weight excluding hydrogens is 274 g/mol. The molecule has 0 atom stereocenters. The number of anilines is 2. The molecule has 0 saturated heterocycles. The van der Waals surface area contributed by atoms with E-state index in [2.05, 4.69) is 33.8 Å². The van der Waals surface area contributed by atoms with Crippen molar-refractivity contribution in [2.75, 3.05) is 37.2 Å². The largest absolute Gasteiger partial charge is 0.382 e. The Kier molecular flexibility index (Phi) is 5.19. The molecule has 0 aliphatic heterocycles. The lowest BCUT2D eigenvalue weighted by molar-refractivity contribution is 0.0953. The fraction of sp³-hybridized carbons (Fsp3) is 0.692. The summed E-state index contributed by atoms with van der Waals surface area (Å²) in [6.45, 7) is 8.06. The molecule has 1 heterocycles. The van der Waals surface area contributed by atoms with Crippen molar-refractivity contribution in [1.82, 2.24) is 14.6 Å². The Hall–Kier alpha value is -1.34. The maximum absolute atomic E-state index is 12.1. The number of aromatic nitrogens is 1. The number of nitrogens with two attached hydrogens (primary N) is 1. The Morgan fingerprint density at radius 3 is 2.75 bits per heavy atom. The van der Waals surface area contributed by atoms with Crippen molar-refractivity contribution in [3.05, 3.63) is 5.56 Å². The lowest BCUT2D eigenvalue weighted by Gasteiger charge is -2.18. The van der Waals surface area contributed by atoms with Crippen LogP contribution in [0.15, 0.2) is 0 Å². The summed E-state index contributed by atoms with van der Waals surface area (Å²) < 4.78 is 4.09. The van der Waals surface area contributed by atoms with Gasteiger partial charge in [-0.05, 0) is 37.5 Å². The highest BCUT2D eigenvalue weighted by atomic mass is 32.1. The molecule has 7 heteroatoms. The van der Waals surface area contributed by atoms with Crippen molar-refractivity contribution in [3.63, 3.8) is 0 Å². The number of nitrogen functional groups attached to an aromatic ring is 1. The van der Waals surface area contributed by atoms with E-state index in [4.69, 9.17) is 5.73 Å². The molecule has 1 fully saturated rings. The summed E-state index contributed by atoms with van der Waals surface area (Å²) in [5.41, 5.74) is 6.31. The maximum atomic E-state index is 12.1. The number of carbonyl (C=O) groups excluding carboxylic acids is 1. The van der Waals surface area contributed by atoms with E-state index < -0.39 is 0 Å². The van der Waals surface area contributed by atoms with Crippen LogP contribution in [0.25, 0.3) is 0 Å². The van der Waals surface area contributed by atoms with Gasteiger partial charge in [-0.3, -0.25) is 4.79 Å². The zero-order valence-corrected chi connectivity index (χ0v) is 12.9. The Morgan fingerprint density at radius 2 is 2.15 bits per heavy atom. The van der Waals surface area contributed by atoms with Gasteiger partial charge in [0.1, 0.15) is 10.6 Å². The summed E-state index contributed by atoms with van der Waals surface area (Å²) >= 11 is 1.25. The predicted molar refractivity (Wildman–Crippen MR) is 83.3 cm³/mol. The molecule has 6 nitrogen and oxygen atoms in total. The molecule has 0 spiro atoms. The quantitative estimate of drug-likeness (QED) is 0.675. The summed E-state index contributed by atoms with van der Waals surface area (Å²) in [5, 5.41) is 7.01. The zero-order chi connectivity index (χ0) is 14.5. The van der Waals surface area contributed by atoms with E-state index in [0.29, 0.717) is 17.4 Å². The van der Waals surface area contributed by atoms with E-state index in [9.17, 15) is 4.79 Å². The highest BCUT2D eigenvalue weighted by Crippen LogP contribution is 2.28. The number of carbonyl (C=O) groups is 1. The monoisotopic (exact) mass is 297 g/mol. The average molecular weight is 297 g/mol. The zero-order valence-electron chi connectivity index (χ0n) is 12.1. The molecule has 0 aromatic carbocycles. The second kappa shape index (κ2) is 6.90. The molecule has 1 saturated carbocycles. The van der Waals surface area contributed by atoms with Crippen LogP contribution in [0.5, 0.6) is 0 Å². The lowest BCUT2D eigenvalue weighted by atomic mass is 10.3. The predicted octanol–water partition coefficient (Wildman–Crippen LogP) is 1.37. The van der Waals surface area contributed by atoms with Crippen LogP contribution < -0.4 is 16.4 Å². The van der Waals surface area contributed by atoms with Crippen LogP contribution in [0.4, 0.5) is 10.8 Å². The number of hydrogen-bond donors (Lipinski definition) is 3. The van der Waals surface area contributed by atoms with Crippen LogP contribution in [-0.2, 0) is 0 Å². The minimum Gasteiger partial charge on any atom is -0.382 e. The number of rotatable bonds is 8. The van der Waals surface area contributed by atoms with E-state index >= 15 is 0 Å². The number of nitrogens with one attached hydrogen (secondary N) is 2. The van der Waals surface area contributed by atoms with Crippen LogP contribution in [-0.4, -0.2) is 47.4 Å². The van der Waals surface area contributed by atoms with Gasteiger partial charge in [0.15, 0.2) is 5.82 Å². The summed E-state index contributed by atoms with van der Waals surface area (Å²) in [4.78, 5) is 14.5. The minimum atomic E-state index is -0.107. The summed E-state index contributed by atoms with van der Waals surface area (Å²) in [5.74, 6) is 0.211. The average Bonchev–Trinajstić information content (AvgIpc) is 3.17. The topological polar surface area (TPSA) is 83.3 Å². The third-order valence-electron chi connectivity index (χ3n) is 3.47. The second-order valence-corrected chi connectivity index (χ2v) is 5.75. The van der Waals surface area contributed by atoms with Crippen LogP contribution >= 0.6 is 11.5 Å². The van der Waals surface area contributed by atoms with E-state index in [1.54, 1.807) is 0 Å². The first kappa shape index (κ1) is 15.1. The molecule has 112 valence electrons. The fourth-order valence-electron chi connectivity index (χ4n) is 2.00. The maximum Gasteiger partial charge on any atom is 0.258 e. The Balaban J connectivity index is 1.92. The molecule has 20 heavy (non-hydrogen) atoms. The van der Waals surface area contributed by atoms with Gasteiger partial charge >= 0.3 is 0 Å². The molecule has 1 amide bonds. The van der Waals surface area contributed by atoms with Crippen LogP contribution in [0.3, 0.4) is 0 Å². The molecular formula is C13H23N5OS. The molecule has 1 aliphatic carbocycles. The van der Waals surface area contributed by atoms with Crippen LogP contribution in [0.1, 0.15) is 37.0 Å². The second-order valence-electron chi connectivity index (χ2n) is 4.97. The van der Waals surface area contributed by atoms with Gasteiger partial charge in [-0.15, -0.1) is 0 Å². The van der Waals surface area contributed by atoms with Crippen molar-refractivity contribution < 1.29 is 4.79 Å². The molecule has 1 aromatic heterocycles. The van der Waals surface area contributed by atoms with Crippen LogP contribution in [0, 0.1) is 0 Å². The van der Waals surface area contributed by atoms with Gasteiger partial charge in [0, 0.05) is 19.1 Å². The Bertz CT molecular complexity index is 454. The molecule has 4 N–H and O–H groups in total. The Labute approximate surface area is 123 Å². The first-order valence-corrected chi connectivity index (χ1v) is 7.95. The van der Waals surface area contributed by atoms with Gasteiger partial charge in [0.2, 0.25) is 0 Å². The number of amides is 1. The van der Waals surface area contributed by atoms with Crippen LogP contribution in [0.2, 0.25) is 0 Å². The van der Waals surface area contributed by atoms with Crippen molar-refractivity contribution in [1.29, 1.82) is 0 Å².